The molecular formula is C24H23N3O4. The quantitative estimate of drug-likeness (QED) is 0.653. The van der Waals surface area contributed by atoms with Crippen molar-refractivity contribution in [2.45, 2.75) is 18.6 Å². The monoisotopic (exact) mass is 417 g/mol. The first-order chi connectivity index (χ1) is 15.2. The van der Waals surface area contributed by atoms with E-state index in [0.29, 0.717) is 31.1 Å². The van der Waals surface area contributed by atoms with E-state index in [1.54, 1.807) is 18.1 Å². The van der Waals surface area contributed by atoms with Gasteiger partial charge in [0.05, 0.1) is 25.5 Å². The Bertz CT molecular complexity index is 1180. The number of amides is 1. The Morgan fingerprint density at radius 2 is 1.84 bits per heavy atom. The van der Waals surface area contributed by atoms with Crippen LogP contribution in [0.3, 0.4) is 0 Å². The van der Waals surface area contributed by atoms with Crippen LogP contribution in [0.2, 0.25) is 0 Å². The number of aromatic nitrogens is 2. The van der Waals surface area contributed by atoms with Crippen LogP contribution < -0.4 is 10.3 Å². The number of para-hydroxylation sites is 1. The van der Waals surface area contributed by atoms with Gasteiger partial charge >= 0.3 is 0 Å². The highest BCUT2D eigenvalue weighted by Crippen LogP contribution is 2.32. The number of methoxy groups -OCH3 is 1. The molecule has 0 spiro atoms. The molecule has 1 unspecified atom stereocenters. The van der Waals surface area contributed by atoms with Gasteiger partial charge in [-0.15, -0.1) is 0 Å². The topological polar surface area (TPSA) is 73.7 Å². The Kier molecular flexibility index (Phi) is 5.03. The maximum atomic E-state index is 13.1. The Morgan fingerprint density at radius 3 is 2.68 bits per heavy atom. The zero-order chi connectivity index (χ0) is 21.4. The lowest BCUT2D eigenvalue weighted by atomic mass is 9.95. The molecule has 158 valence electrons. The third-order valence-corrected chi connectivity index (χ3v) is 5.95. The van der Waals surface area contributed by atoms with Gasteiger partial charge in [0.1, 0.15) is 5.75 Å². The summed E-state index contributed by atoms with van der Waals surface area (Å²) >= 11 is 0. The molecular weight excluding hydrogens is 394 g/mol. The fourth-order valence-electron chi connectivity index (χ4n) is 4.24. The molecule has 0 aliphatic carbocycles. The van der Waals surface area contributed by atoms with Crippen molar-refractivity contribution >= 4 is 5.91 Å². The lowest BCUT2D eigenvalue weighted by Gasteiger charge is -2.41. The van der Waals surface area contributed by atoms with Crippen LogP contribution in [0.25, 0.3) is 11.3 Å². The highest BCUT2D eigenvalue weighted by Gasteiger charge is 2.39. The van der Waals surface area contributed by atoms with Crippen LogP contribution in [0.5, 0.6) is 5.75 Å². The maximum absolute atomic E-state index is 13.1. The first-order valence-corrected chi connectivity index (χ1v) is 10.4. The van der Waals surface area contributed by atoms with Crippen molar-refractivity contribution in [1.29, 1.82) is 0 Å². The molecule has 1 amide bonds. The minimum Gasteiger partial charge on any atom is -0.496 e. The van der Waals surface area contributed by atoms with Crippen LogP contribution in [0.4, 0.5) is 0 Å². The Hall–Kier alpha value is -3.45. The predicted molar refractivity (Wildman–Crippen MR) is 115 cm³/mol. The normalized spacial score (nSPS) is 18.2. The molecule has 1 atom stereocenters. The zero-order valence-corrected chi connectivity index (χ0v) is 17.2. The third-order valence-electron chi connectivity index (χ3n) is 5.95. The van der Waals surface area contributed by atoms with Gasteiger partial charge in [-0.1, -0.05) is 36.4 Å². The van der Waals surface area contributed by atoms with Crippen LogP contribution >= 0.6 is 0 Å². The van der Waals surface area contributed by atoms with Gasteiger partial charge in [-0.2, -0.15) is 5.10 Å². The molecule has 1 saturated heterocycles. The number of hydrogen-bond donors (Lipinski definition) is 0. The van der Waals surface area contributed by atoms with Crippen LogP contribution in [0.1, 0.15) is 23.3 Å². The molecule has 7 heteroatoms. The summed E-state index contributed by atoms with van der Waals surface area (Å²) in [7, 11) is 1.61. The van der Waals surface area contributed by atoms with Gasteiger partial charge in [-0.05, 0) is 35.7 Å². The van der Waals surface area contributed by atoms with E-state index in [1.165, 1.54) is 10.7 Å². The average Bonchev–Trinajstić information content (AvgIpc) is 2.78. The minimum absolute atomic E-state index is 0.0580. The second kappa shape index (κ2) is 8.00. The fraction of sp³-hybridized carbons (Fsp3) is 0.292. The molecule has 3 heterocycles. The van der Waals surface area contributed by atoms with Crippen molar-refractivity contribution in [1.82, 2.24) is 14.7 Å². The van der Waals surface area contributed by atoms with Crippen molar-refractivity contribution in [3.05, 3.63) is 82.1 Å². The van der Waals surface area contributed by atoms with Crippen molar-refractivity contribution in [2.24, 2.45) is 0 Å². The molecule has 5 rings (SSSR count). The van der Waals surface area contributed by atoms with Gasteiger partial charge in [0.15, 0.2) is 6.10 Å². The molecule has 2 aromatic carbocycles. The number of carbonyl (C=O) groups excluding carboxylic acids is 1. The van der Waals surface area contributed by atoms with E-state index >= 15 is 0 Å². The zero-order valence-electron chi connectivity index (χ0n) is 17.2. The van der Waals surface area contributed by atoms with E-state index in [0.717, 1.165) is 23.1 Å². The molecule has 1 fully saturated rings. The molecule has 31 heavy (non-hydrogen) atoms. The van der Waals surface area contributed by atoms with E-state index in [-0.39, 0.29) is 17.5 Å². The Morgan fingerprint density at radius 1 is 1.06 bits per heavy atom. The fourth-order valence-corrected chi connectivity index (χ4v) is 4.24. The predicted octanol–water partition coefficient (Wildman–Crippen LogP) is 2.62. The first kappa shape index (κ1) is 19.5. The number of carbonyl (C=O) groups is 1. The van der Waals surface area contributed by atoms with Crippen molar-refractivity contribution in [3.63, 3.8) is 0 Å². The van der Waals surface area contributed by atoms with E-state index < -0.39 is 6.10 Å². The highest BCUT2D eigenvalue weighted by molar-refractivity contribution is 5.83. The molecule has 2 aliphatic heterocycles. The highest BCUT2D eigenvalue weighted by atomic mass is 16.5. The molecule has 0 N–H and O–H groups in total. The van der Waals surface area contributed by atoms with E-state index in [1.807, 2.05) is 48.5 Å². The van der Waals surface area contributed by atoms with E-state index in [9.17, 15) is 9.59 Å². The molecule has 1 aromatic heterocycles. The van der Waals surface area contributed by atoms with Crippen LogP contribution in [0.15, 0.2) is 65.5 Å². The first-order valence-electron chi connectivity index (χ1n) is 10.4. The van der Waals surface area contributed by atoms with Crippen molar-refractivity contribution in [3.8, 4) is 17.0 Å². The lowest BCUT2D eigenvalue weighted by molar-refractivity contribution is -0.151. The van der Waals surface area contributed by atoms with E-state index in [4.69, 9.17) is 9.47 Å². The second-order valence-corrected chi connectivity index (χ2v) is 7.80. The molecule has 0 bridgehead atoms. The van der Waals surface area contributed by atoms with Crippen LogP contribution in [-0.4, -0.2) is 47.4 Å². The number of likely N-dealkylation sites (tertiary alicyclic amines) is 1. The summed E-state index contributed by atoms with van der Waals surface area (Å²) in [5.74, 6) is 0.635. The number of nitrogens with zero attached hydrogens (tertiary/aromatic N) is 3. The molecule has 3 aromatic rings. The second-order valence-electron chi connectivity index (χ2n) is 7.80. The van der Waals surface area contributed by atoms with Gasteiger partial charge in [0.2, 0.25) is 0 Å². The third kappa shape index (κ3) is 3.51. The summed E-state index contributed by atoms with van der Waals surface area (Å²) in [6.07, 6.45) is 0.243. The summed E-state index contributed by atoms with van der Waals surface area (Å²) in [5.41, 5.74) is 3.39. The molecule has 7 nitrogen and oxygen atoms in total. The van der Waals surface area contributed by atoms with Gasteiger partial charge in [0.25, 0.3) is 11.5 Å². The largest absolute Gasteiger partial charge is 0.496 e. The maximum Gasteiger partial charge on any atom is 0.267 e. The number of rotatable bonds is 4. The summed E-state index contributed by atoms with van der Waals surface area (Å²) < 4.78 is 12.7. The van der Waals surface area contributed by atoms with Crippen molar-refractivity contribution < 1.29 is 14.3 Å². The van der Waals surface area contributed by atoms with Gasteiger partial charge in [0, 0.05) is 24.7 Å². The molecule has 2 aliphatic rings. The lowest BCUT2D eigenvalue weighted by Crippen LogP contribution is -2.55. The number of benzene rings is 2. The average molecular weight is 417 g/mol. The Balaban J connectivity index is 1.34. The summed E-state index contributed by atoms with van der Waals surface area (Å²) in [5, 5.41) is 4.57. The number of hydrogen-bond acceptors (Lipinski definition) is 5. The summed E-state index contributed by atoms with van der Waals surface area (Å²) in [6.45, 7) is 1.40. The van der Waals surface area contributed by atoms with E-state index in [2.05, 4.69) is 5.10 Å². The SMILES string of the molecule is COc1ccccc1-c1ccc(=O)n(C2CN(C(=O)C3OCCc4ccccc43)C2)n1. The van der Waals surface area contributed by atoms with Gasteiger partial charge < -0.3 is 14.4 Å². The molecule has 0 saturated carbocycles. The van der Waals surface area contributed by atoms with Crippen LogP contribution in [-0.2, 0) is 16.0 Å². The smallest absolute Gasteiger partial charge is 0.267 e. The van der Waals surface area contributed by atoms with Gasteiger partial charge in [-0.3, -0.25) is 9.59 Å². The standard InChI is InChI=1S/C24H23N3O4/c1-30-21-9-5-4-8-19(21)20-10-11-22(28)27(25-20)17-14-26(15-17)24(29)23-18-7-3-2-6-16(18)12-13-31-23/h2-11,17,23H,12-15H2,1H3. The summed E-state index contributed by atoms with van der Waals surface area (Å²) in [6, 6.07) is 18.5. The summed E-state index contributed by atoms with van der Waals surface area (Å²) in [4.78, 5) is 27.3. The number of ether oxygens (including phenoxy) is 2. The van der Waals surface area contributed by atoms with Gasteiger partial charge in [-0.25, -0.2) is 4.68 Å². The molecule has 0 radical (unpaired) electrons. The Labute approximate surface area is 179 Å². The minimum atomic E-state index is -0.574. The number of fused-ring (bicyclic) bond motifs is 1. The van der Waals surface area contributed by atoms with Crippen LogP contribution in [0, 0.1) is 0 Å². The van der Waals surface area contributed by atoms with Crippen molar-refractivity contribution in [2.75, 3.05) is 26.8 Å².